The summed E-state index contributed by atoms with van der Waals surface area (Å²) < 4.78 is 54.5. The SMILES string of the molecule is CC1=[C-]CC=C1.CC1=[C-]CC=C1.CCCCCCN(C(=O)C(C)(C)CCC)c1ccc(F)[c-]c1F.CCCCCCN(C(=O)C(C)(C)CCC)c1ccc(F)[c-]c1F.[Ti+4]. The van der Waals surface area contributed by atoms with Crippen LogP contribution in [0.3, 0.4) is 0 Å². The van der Waals surface area contributed by atoms with Crippen molar-refractivity contribution < 1.29 is 48.9 Å². The van der Waals surface area contributed by atoms with Crippen molar-refractivity contribution >= 4 is 23.2 Å². The van der Waals surface area contributed by atoms with Crippen LogP contribution in [0.5, 0.6) is 0 Å². The normalized spacial score (nSPS) is 12.8. The smallest absolute Gasteiger partial charge is 0.363 e. The number of carbonyl (C=O) groups excluding carboxylic acids is 2. The molecule has 4 rings (SSSR count). The van der Waals surface area contributed by atoms with Gasteiger partial charge in [0, 0.05) is 47.2 Å². The summed E-state index contributed by atoms with van der Waals surface area (Å²) in [5, 5.41) is 0. The number of benzene rings is 2. The third-order valence-corrected chi connectivity index (χ3v) is 9.87. The van der Waals surface area contributed by atoms with Crippen molar-refractivity contribution in [3.05, 3.63) is 107 Å². The van der Waals surface area contributed by atoms with Gasteiger partial charge in [-0.15, -0.1) is 49.2 Å². The summed E-state index contributed by atoms with van der Waals surface area (Å²) >= 11 is 0. The number of hydrogen-bond donors (Lipinski definition) is 0. The van der Waals surface area contributed by atoms with Gasteiger partial charge in [-0.25, -0.2) is 40.9 Å². The minimum absolute atomic E-state index is 0. The number of anilines is 2. The van der Waals surface area contributed by atoms with Gasteiger partial charge in [0.2, 0.25) is 11.8 Å². The largest absolute Gasteiger partial charge is 4.00 e. The number of amides is 2. The van der Waals surface area contributed by atoms with E-state index in [0.717, 1.165) is 102 Å². The summed E-state index contributed by atoms with van der Waals surface area (Å²) in [5.41, 5.74) is 1.65. The zero-order valence-electron chi connectivity index (χ0n) is 37.7. The Labute approximate surface area is 370 Å². The van der Waals surface area contributed by atoms with E-state index >= 15 is 0 Å². The Bertz CT molecular complexity index is 1540. The van der Waals surface area contributed by atoms with Gasteiger partial charge in [-0.1, -0.05) is 121 Å². The zero-order chi connectivity index (χ0) is 43.7. The molecule has 4 nitrogen and oxygen atoms in total. The Morgan fingerprint density at radius 1 is 0.576 bits per heavy atom. The van der Waals surface area contributed by atoms with E-state index in [1.165, 1.54) is 33.1 Å². The molecule has 59 heavy (non-hydrogen) atoms. The average molecular weight is 855 g/mol. The summed E-state index contributed by atoms with van der Waals surface area (Å²) in [6.45, 7) is 20.8. The van der Waals surface area contributed by atoms with Crippen LogP contribution in [-0.4, -0.2) is 24.9 Å². The maximum Gasteiger partial charge on any atom is 4.00 e. The number of nitrogens with zero attached hydrogens (tertiary/aromatic N) is 2. The molecule has 0 spiro atoms. The van der Waals surface area contributed by atoms with Crippen LogP contribution in [0.15, 0.2) is 59.7 Å². The molecule has 2 aliphatic carbocycles. The van der Waals surface area contributed by atoms with Crippen molar-refractivity contribution in [1.29, 1.82) is 0 Å². The molecule has 0 saturated heterocycles. The van der Waals surface area contributed by atoms with Gasteiger partial charge in [-0.3, -0.25) is 21.7 Å². The van der Waals surface area contributed by atoms with Gasteiger partial charge in [-0.2, -0.15) is 12.2 Å². The summed E-state index contributed by atoms with van der Waals surface area (Å²) in [5.74, 6) is -3.35. The van der Waals surface area contributed by atoms with Crippen molar-refractivity contribution in [1.82, 2.24) is 0 Å². The molecule has 2 aliphatic rings. The van der Waals surface area contributed by atoms with Gasteiger partial charge in [-0.05, 0) is 37.1 Å². The van der Waals surface area contributed by atoms with Gasteiger partial charge < -0.3 is 9.80 Å². The van der Waals surface area contributed by atoms with E-state index < -0.39 is 34.1 Å². The Morgan fingerprint density at radius 2 is 0.932 bits per heavy atom. The molecule has 324 valence electrons. The number of rotatable bonds is 18. The minimum atomic E-state index is -0.805. The predicted molar refractivity (Wildman–Crippen MR) is 233 cm³/mol. The van der Waals surface area contributed by atoms with Crippen molar-refractivity contribution in [2.75, 3.05) is 22.9 Å². The monoisotopic (exact) mass is 854 g/mol. The third-order valence-electron chi connectivity index (χ3n) is 9.87. The van der Waals surface area contributed by atoms with Gasteiger partial charge in [0.05, 0.1) is 0 Å². The van der Waals surface area contributed by atoms with Crippen LogP contribution in [-0.2, 0) is 31.3 Å². The van der Waals surface area contributed by atoms with Gasteiger partial charge in [0.1, 0.15) is 0 Å². The van der Waals surface area contributed by atoms with Gasteiger partial charge >= 0.3 is 21.7 Å². The Kier molecular flexibility index (Phi) is 28.3. The van der Waals surface area contributed by atoms with Crippen molar-refractivity contribution in [2.45, 2.75) is 159 Å². The van der Waals surface area contributed by atoms with Crippen LogP contribution in [0.25, 0.3) is 0 Å². The van der Waals surface area contributed by atoms with E-state index in [9.17, 15) is 27.2 Å². The molecule has 0 fully saturated rings. The zero-order valence-corrected chi connectivity index (χ0v) is 39.2. The van der Waals surface area contributed by atoms with E-state index in [0.29, 0.717) is 13.1 Å². The molecular weight excluding hydrogens is 784 g/mol. The van der Waals surface area contributed by atoms with Crippen LogP contribution in [0.1, 0.15) is 159 Å². The number of hydrogen-bond acceptors (Lipinski definition) is 2. The first-order valence-electron chi connectivity index (χ1n) is 21.3. The van der Waals surface area contributed by atoms with Crippen LogP contribution in [0.2, 0.25) is 0 Å². The minimum Gasteiger partial charge on any atom is -0.363 e. The Hall–Kier alpha value is -3.23. The number of unbranched alkanes of at least 4 members (excludes halogenated alkanes) is 6. The second kappa shape index (κ2) is 29.9. The first-order valence-corrected chi connectivity index (χ1v) is 21.3. The molecule has 2 aromatic rings. The maximum atomic E-state index is 14.1. The van der Waals surface area contributed by atoms with E-state index in [1.54, 1.807) is 0 Å². The van der Waals surface area contributed by atoms with Gasteiger partial charge in [0.15, 0.2) is 0 Å². The second-order valence-electron chi connectivity index (χ2n) is 16.2. The van der Waals surface area contributed by atoms with E-state index in [1.807, 2.05) is 53.7 Å². The standard InChI is InChI=1S/2C19H28F2NO.2C6H7.Ti/c2*1-5-7-8-9-13-22(18(23)19(3,4)12-6-2)17-11-10-15(20)14-16(17)21;2*1-6-4-2-3-5-6;/h2*10-11H,5-9,12-13H2,1-4H3;2*2,4H,3H2,1H3;/q4*-1;+4. The van der Waals surface area contributed by atoms with Crippen LogP contribution >= 0.6 is 0 Å². The van der Waals surface area contributed by atoms with E-state index in [4.69, 9.17) is 0 Å². The predicted octanol–water partition coefficient (Wildman–Crippen LogP) is 14.4. The molecule has 9 heteroatoms. The quantitative estimate of drug-likeness (QED) is 0.0649. The van der Waals surface area contributed by atoms with Crippen LogP contribution in [0.4, 0.5) is 28.9 Å². The third kappa shape index (κ3) is 21.2. The molecule has 0 heterocycles. The molecule has 2 amide bonds. The first kappa shape index (κ1) is 55.8. The molecule has 0 saturated carbocycles. The summed E-state index contributed by atoms with van der Waals surface area (Å²) in [4.78, 5) is 28.8. The fourth-order valence-electron chi connectivity index (χ4n) is 6.57. The van der Waals surface area contributed by atoms with Crippen molar-refractivity contribution in [3.8, 4) is 0 Å². The number of carbonyl (C=O) groups is 2. The van der Waals surface area contributed by atoms with Crippen molar-refractivity contribution in [2.24, 2.45) is 10.8 Å². The van der Waals surface area contributed by atoms with Crippen molar-refractivity contribution in [3.63, 3.8) is 0 Å². The average Bonchev–Trinajstić information content (AvgIpc) is 3.86. The second-order valence-corrected chi connectivity index (χ2v) is 16.2. The maximum absolute atomic E-state index is 14.1. The van der Waals surface area contributed by atoms with E-state index in [-0.39, 0.29) is 44.9 Å². The molecule has 0 bridgehead atoms. The molecular formula is C50H70F4N2O2Ti. The number of halogens is 4. The molecule has 0 aromatic heterocycles. The number of allylic oxidation sites excluding steroid dienone is 8. The first-order chi connectivity index (χ1) is 27.4. The molecule has 0 N–H and O–H groups in total. The fourth-order valence-corrected chi connectivity index (χ4v) is 6.57. The summed E-state index contributed by atoms with van der Waals surface area (Å²) in [6.07, 6.45) is 27.8. The van der Waals surface area contributed by atoms with Crippen LogP contribution < -0.4 is 9.80 Å². The molecule has 0 aliphatic heterocycles. The topological polar surface area (TPSA) is 40.6 Å². The molecule has 2 aromatic carbocycles. The van der Waals surface area contributed by atoms with Crippen LogP contribution in [0, 0.1) is 58.4 Å². The fraction of sp³-hybridized carbons (Fsp3) is 0.560. The summed E-state index contributed by atoms with van der Waals surface area (Å²) in [6, 6.07) is 9.03. The Morgan fingerprint density at radius 3 is 1.17 bits per heavy atom. The Balaban J connectivity index is 0.000000872. The van der Waals surface area contributed by atoms with Gasteiger partial charge in [0.25, 0.3) is 0 Å². The molecule has 0 radical (unpaired) electrons. The summed E-state index contributed by atoms with van der Waals surface area (Å²) in [7, 11) is 0. The molecule has 0 unspecified atom stereocenters. The van der Waals surface area contributed by atoms with E-state index in [2.05, 4.69) is 64.2 Å². The molecule has 0 atom stereocenters.